The van der Waals surface area contributed by atoms with Crippen molar-refractivity contribution in [3.8, 4) is 16.9 Å². The highest BCUT2D eigenvalue weighted by Gasteiger charge is 2.45. The number of hydrogen-bond donors (Lipinski definition) is 0. The minimum atomic E-state index is -0.243. The van der Waals surface area contributed by atoms with Crippen LogP contribution in [0.2, 0.25) is 0 Å². The van der Waals surface area contributed by atoms with Gasteiger partial charge in [0.25, 0.3) is 0 Å². The van der Waals surface area contributed by atoms with Crippen molar-refractivity contribution in [2.75, 3.05) is 11.5 Å². The number of rotatable bonds is 18. The van der Waals surface area contributed by atoms with Gasteiger partial charge in [0.1, 0.15) is 5.75 Å². The third-order valence-corrected chi connectivity index (χ3v) is 19.1. The molecule has 80 heavy (non-hydrogen) atoms. The second-order valence-corrected chi connectivity index (χ2v) is 24.7. The van der Waals surface area contributed by atoms with Crippen LogP contribution in [0, 0.1) is 23.2 Å². The van der Waals surface area contributed by atoms with Crippen molar-refractivity contribution in [3.05, 3.63) is 244 Å². The van der Waals surface area contributed by atoms with E-state index in [0.717, 1.165) is 94.5 Å². The summed E-state index contributed by atoms with van der Waals surface area (Å²) in [6, 6.07) is 43.8. The average molecular weight is 1050 g/mol. The SMILES string of the molecule is C=CC1=CCC(n2c3c(c4cc(C5=CC=C(N(c6ccccc6)c6ccc7c(c6)C(CCCCC(CC)COc6ccc(C=C)cc6)(C6=CCCC=C6)c6ccccc6-7)CC5)ccc42)=CC(C2=CCC(C(C)(C)C)CC2)CC=3)C=C1. The number of fused-ring (bicyclic) bond motifs is 6. The molecule has 0 fully saturated rings. The molecule has 6 aliphatic rings. The first-order valence-electron chi connectivity index (χ1n) is 30.4. The highest BCUT2D eigenvalue weighted by Crippen LogP contribution is 2.57. The number of anilines is 2. The fourth-order valence-electron chi connectivity index (χ4n) is 14.4. The van der Waals surface area contributed by atoms with E-state index in [1.165, 1.54) is 102 Å². The maximum absolute atomic E-state index is 6.36. The molecule has 12 rings (SSSR count). The van der Waals surface area contributed by atoms with Gasteiger partial charge in [0.05, 0.1) is 12.6 Å². The lowest BCUT2D eigenvalue weighted by atomic mass is 9.67. The highest BCUT2D eigenvalue weighted by atomic mass is 16.5. The van der Waals surface area contributed by atoms with Crippen LogP contribution in [0.1, 0.15) is 146 Å². The van der Waals surface area contributed by atoms with Crippen molar-refractivity contribution in [1.82, 2.24) is 4.57 Å². The van der Waals surface area contributed by atoms with Crippen LogP contribution in [0.15, 0.2) is 212 Å². The van der Waals surface area contributed by atoms with Gasteiger partial charge in [-0.1, -0.05) is 205 Å². The van der Waals surface area contributed by atoms with Crippen LogP contribution in [0.4, 0.5) is 11.4 Å². The van der Waals surface area contributed by atoms with Crippen molar-refractivity contribution in [2.24, 2.45) is 23.2 Å². The maximum Gasteiger partial charge on any atom is 0.119 e. The monoisotopic (exact) mass is 1050 g/mol. The molecule has 3 heteroatoms. The predicted molar refractivity (Wildman–Crippen MR) is 341 cm³/mol. The molecule has 0 N–H and O–H groups in total. The van der Waals surface area contributed by atoms with Crippen molar-refractivity contribution in [2.45, 2.75) is 129 Å². The molecule has 6 aliphatic carbocycles. The Bertz CT molecular complexity index is 3670. The van der Waals surface area contributed by atoms with Crippen LogP contribution in [0.5, 0.6) is 5.75 Å². The first-order chi connectivity index (χ1) is 39.1. The van der Waals surface area contributed by atoms with Crippen LogP contribution >= 0.6 is 0 Å². The largest absolute Gasteiger partial charge is 0.493 e. The second-order valence-electron chi connectivity index (χ2n) is 24.7. The van der Waals surface area contributed by atoms with E-state index in [9.17, 15) is 0 Å². The van der Waals surface area contributed by atoms with Gasteiger partial charge in [0, 0.05) is 49.9 Å². The Kier molecular flexibility index (Phi) is 15.3. The van der Waals surface area contributed by atoms with Crippen molar-refractivity contribution < 1.29 is 4.74 Å². The summed E-state index contributed by atoms with van der Waals surface area (Å²) in [5.74, 6) is 2.65. The van der Waals surface area contributed by atoms with Gasteiger partial charge >= 0.3 is 0 Å². The molecule has 6 aromatic rings. The van der Waals surface area contributed by atoms with Gasteiger partial charge < -0.3 is 14.2 Å². The molecule has 406 valence electrons. The van der Waals surface area contributed by atoms with E-state index in [1.54, 1.807) is 5.57 Å². The summed E-state index contributed by atoms with van der Waals surface area (Å²) in [5.41, 5.74) is 19.0. The molecule has 0 spiro atoms. The molecule has 0 radical (unpaired) electrons. The van der Waals surface area contributed by atoms with E-state index in [-0.39, 0.29) is 11.5 Å². The van der Waals surface area contributed by atoms with Crippen LogP contribution in [0.25, 0.3) is 45.8 Å². The van der Waals surface area contributed by atoms with E-state index >= 15 is 0 Å². The smallest absolute Gasteiger partial charge is 0.119 e. The summed E-state index contributed by atoms with van der Waals surface area (Å²) in [4.78, 5) is 2.56. The quantitative estimate of drug-likeness (QED) is 0.0630. The fraction of sp³-hybridized carbons (Fsp3) is 0.325. The van der Waals surface area contributed by atoms with E-state index in [4.69, 9.17) is 4.74 Å². The zero-order valence-corrected chi connectivity index (χ0v) is 48.1. The summed E-state index contributed by atoms with van der Waals surface area (Å²) < 4.78 is 9.00. The molecule has 0 saturated heterocycles. The number of benzene rings is 5. The molecule has 0 bridgehead atoms. The minimum absolute atomic E-state index is 0.243. The van der Waals surface area contributed by atoms with Crippen molar-refractivity contribution in [1.29, 1.82) is 0 Å². The lowest BCUT2D eigenvalue weighted by molar-refractivity contribution is 0.219. The molecule has 0 aliphatic heterocycles. The summed E-state index contributed by atoms with van der Waals surface area (Å²) >= 11 is 0. The van der Waals surface area contributed by atoms with Gasteiger partial charge in [-0.2, -0.15) is 0 Å². The van der Waals surface area contributed by atoms with E-state index in [0.29, 0.717) is 17.3 Å². The maximum atomic E-state index is 6.36. The number of allylic oxidation sites excluding steroid dienone is 15. The normalized spacial score (nSPS) is 21.6. The first kappa shape index (κ1) is 53.3. The van der Waals surface area contributed by atoms with Crippen LogP contribution in [-0.2, 0) is 5.41 Å². The number of nitrogens with zero attached hydrogens (tertiary/aromatic N) is 2. The Hall–Kier alpha value is -7.36. The predicted octanol–water partition coefficient (Wildman–Crippen LogP) is 19.4. The number of ether oxygens (including phenoxy) is 1. The standard InChI is InChI=1S/C77H82N2O/c1-7-54-27-39-65(40-28-54)79-74-47-35-59(57-31-37-61(38-32-57)76(4,5)6)50-70(74)71-51-60(36-48-75(71)79)58-33-41-64(42-34-58)78(63-23-14-11-15-24-63)66-43-46-69-68-25-16-17-26-72(68)77(73(69)52-66,62-21-12-10-13-22-62)49-19-18-20-56(9-3)53-80-67-44-29-55(8-2)30-45-67/h7-8,11-12,14-17,21-31,33,36,39,41,43-48,50-52,56,59,61,65H,1-2,9-10,13,18-20,32,34-35,37-38,40,42,49,53H2,3-6H3. The Labute approximate surface area is 477 Å². The summed E-state index contributed by atoms with van der Waals surface area (Å²) in [6.45, 7) is 18.3. The first-order valence-corrected chi connectivity index (χ1v) is 30.4. The Morgan fingerprint density at radius 1 is 0.750 bits per heavy atom. The molecule has 3 nitrogen and oxygen atoms in total. The van der Waals surface area contributed by atoms with Gasteiger partial charge in [-0.15, -0.1) is 0 Å². The third kappa shape index (κ3) is 10.4. The molecule has 5 unspecified atom stereocenters. The number of para-hydroxylation sites is 1. The summed E-state index contributed by atoms with van der Waals surface area (Å²) in [7, 11) is 0. The molecule has 5 atom stereocenters. The molecular weight excluding hydrogens is 969 g/mol. The number of hydrogen-bond acceptors (Lipinski definition) is 2. The van der Waals surface area contributed by atoms with E-state index in [2.05, 4.69) is 232 Å². The van der Waals surface area contributed by atoms with Crippen LogP contribution in [0.3, 0.4) is 0 Å². The Morgan fingerprint density at radius 3 is 2.31 bits per heavy atom. The zero-order chi connectivity index (χ0) is 54.8. The lowest BCUT2D eigenvalue weighted by Gasteiger charge is -2.36. The molecule has 5 aromatic carbocycles. The average Bonchev–Trinajstić information content (AvgIpc) is 4.04. The van der Waals surface area contributed by atoms with Crippen molar-refractivity contribution >= 4 is 46.1 Å². The third-order valence-electron chi connectivity index (χ3n) is 19.1. The number of aromatic nitrogens is 1. The molecule has 0 saturated carbocycles. The topological polar surface area (TPSA) is 17.4 Å². The molecular formula is C77H82N2O. The second kappa shape index (κ2) is 23.0. The van der Waals surface area contributed by atoms with E-state index < -0.39 is 0 Å². The molecule has 0 amide bonds. The van der Waals surface area contributed by atoms with Gasteiger partial charge in [-0.05, 0) is 193 Å². The van der Waals surface area contributed by atoms with Crippen molar-refractivity contribution in [3.63, 3.8) is 0 Å². The zero-order valence-electron chi connectivity index (χ0n) is 48.1. The minimum Gasteiger partial charge on any atom is -0.493 e. The Morgan fingerprint density at radius 2 is 1.59 bits per heavy atom. The van der Waals surface area contributed by atoms with Gasteiger partial charge in [-0.3, -0.25) is 0 Å². The van der Waals surface area contributed by atoms with E-state index in [1.807, 2.05) is 12.2 Å². The fourth-order valence-corrected chi connectivity index (χ4v) is 14.4. The highest BCUT2D eigenvalue weighted by molar-refractivity contribution is 5.89. The Balaban J connectivity index is 0.874. The molecule has 1 heterocycles. The number of unbranched alkanes of at least 4 members (excludes halogenated alkanes) is 1. The van der Waals surface area contributed by atoms with Crippen LogP contribution in [-0.4, -0.2) is 11.2 Å². The van der Waals surface area contributed by atoms with Gasteiger partial charge in [0.2, 0.25) is 0 Å². The summed E-state index contributed by atoms with van der Waals surface area (Å²) in [6.07, 6.45) is 46.4. The molecule has 1 aromatic heterocycles. The lowest BCUT2D eigenvalue weighted by Crippen LogP contribution is -2.35. The van der Waals surface area contributed by atoms with Gasteiger partial charge in [0.15, 0.2) is 0 Å². The van der Waals surface area contributed by atoms with Gasteiger partial charge in [-0.25, -0.2) is 0 Å². The summed E-state index contributed by atoms with van der Waals surface area (Å²) in [5, 5.41) is 4.19. The van der Waals surface area contributed by atoms with Crippen LogP contribution < -0.4 is 20.2 Å².